The van der Waals surface area contributed by atoms with Crippen LogP contribution in [0.5, 0.6) is 0 Å². The number of aromatic nitrogens is 2. The third kappa shape index (κ3) is 3.95. The summed E-state index contributed by atoms with van der Waals surface area (Å²) in [5.41, 5.74) is 1.26. The largest absolute Gasteiger partial charge is 0.273 e. The molecular formula is C12H22N2. The van der Waals surface area contributed by atoms with Crippen LogP contribution in [0.2, 0.25) is 0 Å². The molecule has 0 unspecified atom stereocenters. The van der Waals surface area contributed by atoms with Gasteiger partial charge in [-0.1, -0.05) is 33.1 Å². The van der Waals surface area contributed by atoms with Crippen LogP contribution in [0.1, 0.15) is 51.6 Å². The Labute approximate surface area is 87.3 Å². The third-order valence-electron chi connectivity index (χ3n) is 2.44. The molecule has 0 spiro atoms. The van der Waals surface area contributed by atoms with Crippen LogP contribution in [-0.4, -0.2) is 9.78 Å². The van der Waals surface area contributed by atoms with Gasteiger partial charge in [0.1, 0.15) is 0 Å². The molecule has 0 aliphatic rings. The summed E-state index contributed by atoms with van der Waals surface area (Å²) in [7, 11) is 0. The lowest BCUT2D eigenvalue weighted by molar-refractivity contribution is 0.586. The van der Waals surface area contributed by atoms with E-state index in [4.69, 9.17) is 0 Å². The summed E-state index contributed by atoms with van der Waals surface area (Å²) in [4.78, 5) is 0. The Morgan fingerprint density at radius 3 is 2.71 bits per heavy atom. The zero-order valence-corrected chi connectivity index (χ0v) is 9.50. The molecule has 0 saturated heterocycles. The van der Waals surface area contributed by atoms with E-state index in [9.17, 15) is 0 Å². The van der Waals surface area contributed by atoms with Crippen LogP contribution in [0.25, 0.3) is 0 Å². The van der Waals surface area contributed by atoms with Gasteiger partial charge >= 0.3 is 0 Å². The van der Waals surface area contributed by atoms with Gasteiger partial charge in [-0.3, -0.25) is 4.68 Å². The van der Waals surface area contributed by atoms with E-state index in [-0.39, 0.29) is 0 Å². The van der Waals surface area contributed by atoms with Crippen molar-refractivity contribution in [3.8, 4) is 0 Å². The first-order valence-electron chi connectivity index (χ1n) is 5.89. The van der Waals surface area contributed by atoms with Gasteiger partial charge < -0.3 is 0 Å². The lowest BCUT2D eigenvalue weighted by atomic mass is 10.1. The first-order chi connectivity index (χ1) is 6.86. The van der Waals surface area contributed by atoms with Gasteiger partial charge in [-0.25, -0.2) is 0 Å². The second kappa shape index (κ2) is 6.63. The minimum absolute atomic E-state index is 1.05. The van der Waals surface area contributed by atoms with Crippen LogP contribution < -0.4 is 0 Å². The van der Waals surface area contributed by atoms with Crippen molar-refractivity contribution in [3.05, 3.63) is 18.0 Å². The molecule has 0 N–H and O–H groups in total. The molecule has 0 bridgehead atoms. The minimum Gasteiger partial charge on any atom is -0.273 e. The number of nitrogens with zero attached hydrogens (tertiary/aromatic N) is 2. The van der Waals surface area contributed by atoms with Gasteiger partial charge in [-0.2, -0.15) is 5.10 Å². The smallest absolute Gasteiger partial charge is 0.0624 e. The van der Waals surface area contributed by atoms with Gasteiger partial charge in [0.15, 0.2) is 0 Å². The van der Waals surface area contributed by atoms with E-state index >= 15 is 0 Å². The van der Waals surface area contributed by atoms with Gasteiger partial charge in [0.2, 0.25) is 0 Å². The highest BCUT2D eigenvalue weighted by molar-refractivity contribution is 4.98. The summed E-state index contributed by atoms with van der Waals surface area (Å²) in [6.45, 7) is 5.48. The maximum absolute atomic E-state index is 4.51. The molecule has 0 aliphatic heterocycles. The van der Waals surface area contributed by atoms with E-state index in [1.54, 1.807) is 0 Å². The quantitative estimate of drug-likeness (QED) is 0.608. The Bertz CT molecular complexity index is 240. The molecule has 0 aromatic carbocycles. The average Bonchev–Trinajstić information content (AvgIpc) is 2.61. The maximum Gasteiger partial charge on any atom is 0.0624 e. The van der Waals surface area contributed by atoms with Crippen molar-refractivity contribution in [1.82, 2.24) is 9.78 Å². The first-order valence-corrected chi connectivity index (χ1v) is 5.89. The molecule has 1 rings (SSSR count). The fraction of sp³-hybridized carbons (Fsp3) is 0.750. The lowest BCUT2D eigenvalue weighted by Gasteiger charge is -1.98. The number of rotatable bonds is 7. The van der Waals surface area contributed by atoms with E-state index in [2.05, 4.69) is 35.9 Å². The van der Waals surface area contributed by atoms with Crippen LogP contribution in [-0.2, 0) is 13.0 Å². The number of aryl methyl sites for hydroxylation is 2. The van der Waals surface area contributed by atoms with Crippen LogP contribution in [0.4, 0.5) is 0 Å². The van der Waals surface area contributed by atoms with E-state index in [1.807, 2.05) is 0 Å². The van der Waals surface area contributed by atoms with E-state index in [0.29, 0.717) is 0 Å². The summed E-state index contributed by atoms with van der Waals surface area (Å²) in [5.74, 6) is 0. The SMILES string of the molecule is CCCCCCc1ccn(CCC)n1. The van der Waals surface area contributed by atoms with E-state index in [1.165, 1.54) is 31.4 Å². The Morgan fingerprint density at radius 1 is 1.14 bits per heavy atom. The topological polar surface area (TPSA) is 17.8 Å². The molecule has 0 radical (unpaired) electrons. The normalized spacial score (nSPS) is 10.7. The predicted octanol–water partition coefficient (Wildman–Crippen LogP) is 3.42. The van der Waals surface area contributed by atoms with Gasteiger partial charge in [-0.05, 0) is 25.3 Å². The Morgan fingerprint density at radius 2 is 2.00 bits per heavy atom. The Hall–Kier alpha value is -0.790. The predicted molar refractivity (Wildman–Crippen MR) is 60.4 cm³/mol. The van der Waals surface area contributed by atoms with E-state index in [0.717, 1.165) is 19.4 Å². The molecule has 0 atom stereocenters. The van der Waals surface area contributed by atoms with Crippen LogP contribution in [0.3, 0.4) is 0 Å². The second-order valence-corrected chi connectivity index (χ2v) is 3.88. The first kappa shape index (κ1) is 11.3. The van der Waals surface area contributed by atoms with Gasteiger partial charge in [0, 0.05) is 12.7 Å². The molecule has 1 aromatic heterocycles. The van der Waals surface area contributed by atoms with Crippen molar-refractivity contribution in [3.63, 3.8) is 0 Å². The Kier molecular flexibility index (Phi) is 5.35. The van der Waals surface area contributed by atoms with Gasteiger partial charge in [0.05, 0.1) is 5.69 Å². The summed E-state index contributed by atoms with van der Waals surface area (Å²) in [5, 5.41) is 4.51. The molecule has 0 aliphatic carbocycles. The van der Waals surface area contributed by atoms with Crippen molar-refractivity contribution in [2.75, 3.05) is 0 Å². The molecule has 80 valence electrons. The van der Waals surface area contributed by atoms with Crippen molar-refractivity contribution in [1.29, 1.82) is 0 Å². The minimum atomic E-state index is 1.05. The molecule has 0 fully saturated rings. The van der Waals surface area contributed by atoms with Gasteiger partial charge in [-0.15, -0.1) is 0 Å². The zero-order valence-electron chi connectivity index (χ0n) is 9.50. The zero-order chi connectivity index (χ0) is 10.2. The summed E-state index contributed by atoms with van der Waals surface area (Å²) in [6.07, 6.45) is 9.71. The monoisotopic (exact) mass is 194 g/mol. The number of hydrogen-bond acceptors (Lipinski definition) is 1. The third-order valence-corrected chi connectivity index (χ3v) is 2.44. The van der Waals surface area contributed by atoms with Crippen LogP contribution in [0, 0.1) is 0 Å². The van der Waals surface area contributed by atoms with Crippen molar-refractivity contribution in [2.45, 2.75) is 58.9 Å². The number of unbranched alkanes of at least 4 members (excludes halogenated alkanes) is 3. The fourth-order valence-electron chi connectivity index (χ4n) is 1.62. The molecule has 0 amide bonds. The lowest BCUT2D eigenvalue weighted by Crippen LogP contribution is -1.98. The van der Waals surface area contributed by atoms with Crippen LogP contribution >= 0.6 is 0 Å². The standard InChI is InChI=1S/C12H22N2/c1-3-5-6-7-8-12-9-11-14(13-12)10-4-2/h9,11H,3-8,10H2,1-2H3. The average molecular weight is 194 g/mol. The molecule has 14 heavy (non-hydrogen) atoms. The molecule has 1 heterocycles. The molecular weight excluding hydrogens is 172 g/mol. The molecule has 2 heteroatoms. The van der Waals surface area contributed by atoms with Crippen molar-refractivity contribution in [2.24, 2.45) is 0 Å². The highest BCUT2D eigenvalue weighted by atomic mass is 15.3. The van der Waals surface area contributed by atoms with Gasteiger partial charge in [0.25, 0.3) is 0 Å². The maximum atomic E-state index is 4.51. The highest BCUT2D eigenvalue weighted by Gasteiger charge is 1.97. The summed E-state index contributed by atoms with van der Waals surface area (Å²) < 4.78 is 2.05. The molecule has 0 saturated carbocycles. The summed E-state index contributed by atoms with van der Waals surface area (Å²) in [6, 6.07) is 2.15. The highest BCUT2D eigenvalue weighted by Crippen LogP contribution is 2.05. The van der Waals surface area contributed by atoms with Crippen LogP contribution in [0.15, 0.2) is 12.3 Å². The summed E-state index contributed by atoms with van der Waals surface area (Å²) >= 11 is 0. The Balaban J connectivity index is 2.22. The van der Waals surface area contributed by atoms with E-state index < -0.39 is 0 Å². The number of hydrogen-bond donors (Lipinski definition) is 0. The van der Waals surface area contributed by atoms with Crippen molar-refractivity contribution >= 4 is 0 Å². The molecule has 1 aromatic rings. The van der Waals surface area contributed by atoms with Crippen molar-refractivity contribution < 1.29 is 0 Å². The second-order valence-electron chi connectivity index (χ2n) is 3.88. The fourth-order valence-corrected chi connectivity index (χ4v) is 1.62. The molecule has 2 nitrogen and oxygen atoms in total.